The minimum Gasteiger partial charge on any atom is -0.481 e. The Labute approximate surface area is 117 Å². The van der Waals surface area contributed by atoms with Crippen LogP contribution >= 0.6 is 0 Å². The first-order valence-corrected chi connectivity index (χ1v) is 6.74. The predicted octanol–water partition coefficient (Wildman–Crippen LogP) is 1.81. The maximum atomic E-state index is 11.2. The molecule has 20 heavy (non-hydrogen) atoms. The zero-order valence-electron chi connectivity index (χ0n) is 11.3. The lowest BCUT2D eigenvalue weighted by Gasteiger charge is -2.18. The first kappa shape index (κ1) is 13.5. The lowest BCUT2D eigenvalue weighted by Crippen LogP contribution is -2.30. The van der Waals surface area contributed by atoms with Crippen LogP contribution in [0.4, 0.5) is 0 Å². The summed E-state index contributed by atoms with van der Waals surface area (Å²) in [4.78, 5) is 11.2. The third-order valence-electron chi connectivity index (χ3n) is 4.11. The molecule has 2 aliphatic rings. The van der Waals surface area contributed by atoms with Crippen molar-refractivity contribution in [3.05, 3.63) is 35.9 Å². The molecular weight excluding hydrogens is 260 g/mol. The standard InChI is InChI=1S/C15H18O5/c1-18-13-7-12(15(20-13)8-11(15)14(16)17)19-9-10-5-3-2-4-6-10/h2-6,11-13H,7-9H2,1H3,(H,16,17)/t11?,12?,13-,15?/m0/s1. The fourth-order valence-corrected chi connectivity index (χ4v) is 2.91. The van der Waals surface area contributed by atoms with Crippen molar-refractivity contribution in [2.24, 2.45) is 5.92 Å². The second-order valence-corrected chi connectivity index (χ2v) is 5.35. The number of carboxylic acid groups (broad SMARTS) is 1. The molecule has 1 saturated heterocycles. The number of hydrogen-bond donors (Lipinski definition) is 1. The first-order valence-electron chi connectivity index (χ1n) is 6.74. The van der Waals surface area contributed by atoms with E-state index >= 15 is 0 Å². The summed E-state index contributed by atoms with van der Waals surface area (Å²) in [7, 11) is 1.57. The van der Waals surface area contributed by atoms with Crippen molar-refractivity contribution in [1.29, 1.82) is 0 Å². The molecule has 5 heteroatoms. The number of ether oxygens (including phenoxy) is 3. The normalized spacial score (nSPS) is 35.4. The smallest absolute Gasteiger partial charge is 0.309 e. The molecule has 0 bridgehead atoms. The van der Waals surface area contributed by atoms with Crippen LogP contribution in [0.15, 0.2) is 30.3 Å². The van der Waals surface area contributed by atoms with E-state index in [1.807, 2.05) is 30.3 Å². The highest BCUT2D eigenvalue weighted by atomic mass is 16.7. The Balaban J connectivity index is 1.67. The Kier molecular flexibility index (Phi) is 3.50. The number of benzene rings is 1. The van der Waals surface area contributed by atoms with Crippen molar-refractivity contribution in [3.8, 4) is 0 Å². The fourth-order valence-electron chi connectivity index (χ4n) is 2.91. The molecule has 5 nitrogen and oxygen atoms in total. The molecule has 1 aromatic rings. The van der Waals surface area contributed by atoms with Crippen LogP contribution in [-0.4, -0.2) is 36.2 Å². The van der Waals surface area contributed by atoms with E-state index in [0.29, 0.717) is 19.4 Å². The van der Waals surface area contributed by atoms with E-state index in [-0.39, 0.29) is 12.4 Å². The van der Waals surface area contributed by atoms with Gasteiger partial charge in [-0.2, -0.15) is 0 Å². The summed E-state index contributed by atoms with van der Waals surface area (Å²) in [5.41, 5.74) is 0.373. The van der Waals surface area contributed by atoms with Crippen LogP contribution in [0.2, 0.25) is 0 Å². The van der Waals surface area contributed by atoms with E-state index in [1.54, 1.807) is 7.11 Å². The van der Waals surface area contributed by atoms with Gasteiger partial charge in [-0.25, -0.2) is 0 Å². The van der Waals surface area contributed by atoms with Gasteiger partial charge in [0.15, 0.2) is 6.29 Å². The summed E-state index contributed by atoms with van der Waals surface area (Å²) >= 11 is 0. The molecular formula is C15H18O5. The number of methoxy groups -OCH3 is 1. The van der Waals surface area contributed by atoms with Crippen molar-refractivity contribution >= 4 is 5.97 Å². The zero-order valence-corrected chi connectivity index (χ0v) is 11.3. The quantitative estimate of drug-likeness (QED) is 0.889. The second-order valence-electron chi connectivity index (χ2n) is 5.35. The molecule has 3 unspecified atom stereocenters. The molecule has 2 fully saturated rings. The average molecular weight is 278 g/mol. The summed E-state index contributed by atoms with van der Waals surface area (Å²) < 4.78 is 16.9. The van der Waals surface area contributed by atoms with E-state index < -0.39 is 17.5 Å². The van der Waals surface area contributed by atoms with Gasteiger partial charge in [0.05, 0.1) is 18.6 Å². The predicted molar refractivity (Wildman–Crippen MR) is 70.0 cm³/mol. The van der Waals surface area contributed by atoms with Crippen LogP contribution in [0.25, 0.3) is 0 Å². The van der Waals surface area contributed by atoms with Gasteiger partial charge in [-0.05, 0) is 12.0 Å². The molecule has 0 radical (unpaired) electrons. The van der Waals surface area contributed by atoms with Crippen molar-refractivity contribution in [3.63, 3.8) is 0 Å². The van der Waals surface area contributed by atoms with Gasteiger partial charge < -0.3 is 19.3 Å². The molecule has 3 rings (SSSR count). The summed E-state index contributed by atoms with van der Waals surface area (Å²) in [5.74, 6) is -1.31. The topological polar surface area (TPSA) is 65.0 Å². The van der Waals surface area contributed by atoms with Gasteiger partial charge in [-0.15, -0.1) is 0 Å². The molecule has 4 atom stereocenters. The second kappa shape index (κ2) is 5.16. The molecule has 1 aliphatic carbocycles. The molecule has 1 heterocycles. The zero-order chi connectivity index (χ0) is 14.2. The van der Waals surface area contributed by atoms with Crippen molar-refractivity contribution in [2.75, 3.05) is 7.11 Å². The fraction of sp³-hybridized carbons (Fsp3) is 0.533. The molecule has 1 N–H and O–H groups in total. The van der Waals surface area contributed by atoms with Gasteiger partial charge in [0, 0.05) is 13.5 Å². The van der Waals surface area contributed by atoms with Gasteiger partial charge in [0.25, 0.3) is 0 Å². The van der Waals surface area contributed by atoms with Gasteiger partial charge in [0.2, 0.25) is 0 Å². The third-order valence-corrected chi connectivity index (χ3v) is 4.11. The molecule has 108 valence electrons. The Morgan fingerprint density at radius 3 is 2.80 bits per heavy atom. The van der Waals surface area contributed by atoms with Crippen molar-refractivity contribution in [1.82, 2.24) is 0 Å². The van der Waals surface area contributed by atoms with E-state index in [4.69, 9.17) is 19.3 Å². The van der Waals surface area contributed by atoms with Gasteiger partial charge in [-0.1, -0.05) is 30.3 Å². The molecule has 1 aromatic carbocycles. The number of carboxylic acids is 1. The highest BCUT2D eigenvalue weighted by Crippen LogP contribution is 2.56. The average Bonchev–Trinajstić information content (AvgIpc) is 3.07. The number of aliphatic carboxylic acids is 1. The highest BCUT2D eigenvalue weighted by molar-refractivity contribution is 5.76. The maximum Gasteiger partial charge on any atom is 0.309 e. The maximum absolute atomic E-state index is 11.2. The summed E-state index contributed by atoms with van der Waals surface area (Å²) in [6.07, 6.45) is 0.475. The van der Waals surface area contributed by atoms with Crippen molar-refractivity contribution in [2.45, 2.75) is 37.4 Å². The van der Waals surface area contributed by atoms with Crippen LogP contribution in [0.1, 0.15) is 18.4 Å². The minimum atomic E-state index is -0.824. The number of carbonyl (C=O) groups is 1. The van der Waals surface area contributed by atoms with E-state index in [2.05, 4.69) is 0 Å². The van der Waals surface area contributed by atoms with Crippen LogP contribution in [0.3, 0.4) is 0 Å². The van der Waals surface area contributed by atoms with Crippen LogP contribution in [0, 0.1) is 5.92 Å². The molecule has 1 saturated carbocycles. The molecule has 0 aromatic heterocycles. The number of rotatable bonds is 5. The summed E-state index contributed by atoms with van der Waals surface area (Å²) in [5, 5.41) is 9.16. The van der Waals surface area contributed by atoms with Crippen LogP contribution in [-0.2, 0) is 25.6 Å². The van der Waals surface area contributed by atoms with E-state index in [1.165, 1.54) is 0 Å². The summed E-state index contributed by atoms with van der Waals surface area (Å²) in [6.45, 7) is 0.458. The monoisotopic (exact) mass is 278 g/mol. The Morgan fingerprint density at radius 2 is 2.20 bits per heavy atom. The Morgan fingerprint density at radius 1 is 1.45 bits per heavy atom. The lowest BCUT2D eigenvalue weighted by atomic mass is 10.1. The van der Waals surface area contributed by atoms with Crippen molar-refractivity contribution < 1.29 is 24.1 Å². The highest BCUT2D eigenvalue weighted by Gasteiger charge is 2.69. The van der Waals surface area contributed by atoms with Gasteiger partial charge >= 0.3 is 5.97 Å². The van der Waals surface area contributed by atoms with E-state index in [0.717, 1.165) is 5.56 Å². The SMILES string of the molecule is CO[C@@H]1CC(OCc2ccccc2)C2(CC2C(=O)O)O1. The van der Waals surface area contributed by atoms with Crippen LogP contribution in [0.5, 0.6) is 0 Å². The number of hydrogen-bond acceptors (Lipinski definition) is 4. The van der Waals surface area contributed by atoms with Crippen LogP contribution < -0.4 is 0 Å². The molecule has 1 spiro atoms. The first-order chi connectivity index (χ1) is 9.65. The summed E-state index contributed by atoms with van der Waals surface area (Å²) in [6, 6.07) is 9.82. The van der Waals surface area contributed by atoms with Gasteiger partial charge in [-0.3, -0.25) is 4.79 Å². The Bertz CT molecular complexity index is 488. The van der Waals surface area contributed by atoms with Gasteiger partial charge in [0.1, 0.15) is 5.60 Å². The molecule has 0 amide bonds. The Hall–Kier alpha value is -1.43. The third kappa shape index (κ3) is 2.32. The minimum absolute atomic E-state index is 0.228. The largest absolute Gasteiger partial charge is 0.481 e. The molecule has 1 aliphatic heterocycles. The van der Waals surface area contributed by atoms with E-state index in [9.17, 15) is 4.79 Å². The lowest BCUT2D eigenvalue weighted by molar-refractivity contribution is -0.152.